The van der Waals surface area contributed by atoms with Crippen LogP contribution in [0.4, 0.5) is 11.4 Å². The normalized spacial score (nSPS) is 24.6. The van der Waals surface area contributed by atoms with Crippen LogP contribution in [0.2, 0.25) is 0 Å². The molecule has 3 N–H and O–H groups in total. The maximum absolute atomic E-state index is 5.97. The molecule has 0 saturated heterocycles. The molecular formula is C12H17BrN2S. The molecule has 1 fully saturated rings. The first kappa shape index (κ1) is 12.1. The van der Waals surface area contributed by atoms with Crippen molar-refractivity contribution in [3.63, 3.8) is 0 Å². The maximum atomic E-state index is 5.97. The van der Waals surface area contributed by atoms with Crippen LogP contribution in [-0.4, -0.2) is 17.5 Å². The van der Waals surface area contributed by atoms with E-state index in [9.17, 15) is 0 Å². The van der Waals surface area contributed by atoms with Gasteiger partial charge in [-0.2, -0.15) is 11.8 Å². The lowest BCUT2D eigenvalue weighted by Crippen LogP contribution is -2.16. The zero-order valence-corrected chi connectivity index (χ0v) is 11.8. The number of nitrogens with two attached hydrogens (primary N) is 1. The molecule has 0 heterocycles. The van der Waals surface area contributed by atoms with E-state index in [1.54, 1.807) is 0 Å². The number of hydrogen-bond donors (Lipinski definition) is 2. The summed E-state index contributed by atoms with van der Waals surface area (Å²) in [6.07, 6.45) is 6.01. The number of halogens is 1. The molecule has 2 nitrogen and oxygen atoms in total. The minimum atomic E-state index is 0.584. The van der Waals surface area contributed by atoms with E-state index < -0.39 is 0 Å². The second kappa shape index (κ2) is 5.32. The summed E-state index contributed by atoms with van der Waals surface area (Å²) in [5.41, 5.74) is 7.85. The first-order valence-corrected chi connectivity index (χ1v) is 7.61. The minimum absolute atomic E-state index is 0.584. The van der Waals surface area contributed by atoms with Crippen molar-refractivity contribution in [2.45, 2.75) is 30.6 Å². The average molecular weight is 301 g/mol. The largest absolute Gasteiger partial charge is 0.397 e. The number of nitrogen functional groups attached to an aromatic ring is 1. The highest BCUT2D eigenvalue weighted by molar-refractivity contribution is 9.10. The SMILES string of the molecule is CSC1CCC(Nc2ccc(Br)cc2N)C1. The van der Waals surface area contributed by atoms with Gasteiger partial charge in [-0.15, -0.1) is 0 Å². The molecule has 1 aromatic rings. The van der Waals surface area contributed by atoms with Crippen LogP contribution in [0.15, 0.2) is 22.7 Å². The van der Waals surface area contributed by atoms with Crippen molar-refractivity contribution in [3.05, 3.63) is 22.7 Å². The fourth-order valence-corrected chi connectivity index (χ4v) is 3.35. The molecule has 4 heteroatoms. The summed E-state index contributed by atoms with van der Waals surface area (Å²) in [6.45, 7) is 0. The molecule has 2 rings (SSSR count). The molecule has 16 heavy (non-hydrogen) atoms. The third-order valence-corrected chi connectivity index (χ3v) is 4.68. The molecule has 2 unspecified atom stereocenters. The summed E-state index contributed by atoms with van der Waals surface area (Å²) >= 11 is 5.39. The lowest BCUT2D eigenvalue weighted by atomic mass is 10.2. The van der Waals surface area contributed by atoms with Crippen molar-refractivity contribution in [1.29, 1.82) is 0 Å². The Bertz CT molecular complexity index is 370. The molecule has 0 aliphatic heterocycles. The Kier molecular flexibility index (Phi) is 4.03. The smallest absolute Gasteiger partial charge is 0.0576 e. The third kappa shape index (κ3) is 2.86. The Balaban J connectivity index is 1.99. The zero-order valence-electron chi connectivity index (χ0n) is 9.37. The Morgan fingerprint density at radius 1 is 1.44 bits per heavy atom. The maximum Gasteiger partial charge on any atom is 0.0576 e. The highest BCUT2D eigenvalue weighted by Gasteiger charge is 2.23. The molecule has 0 amide bonds. The molecule has 1 saturated carbocycles. The van der Waals surface area contributed by atoms with Crippen LogP contribution in [0, 0.1) is 0 Å². The molecule has 0 spiro atoms. The fourth-order valence-electron chi connectivity index (χ4n) is 2.17. The van der Waals surface area contributed by atoms with Crippen molar-refractivity contribution < 1.29 is 0 Å². The molecule has 1 aliphatic carbocycles. The van der Waals surface area contributed by atoms with Crippen LogP contribution in [0.25, 0.3) is 0 Å². The topological polar surface area (TPSA) is 38.0 Å². The number of benzene rings is 1. The highest BCUT2D eigenvalue weighted by Crippen LogP contribution is 2.32. The van der Waals surface area contributed by atoms with Crippen LogP contribution >= 0.6 is 27.7 Å². The zero-order chi connectivity index (χ0) is 11.5. The molecule has 0 radical (unpaired) electrons. The Morgan fingerprint density at radius 3 is 2.88 bits per heavy atom. The Morgan fingerprint density at radius 2 is 2.25 bits per heavy atom. The van der Waals surface area contributed by atoms with Crippen LogP contribution in [0.3, 0.4) is 0 Å². The number of nitrogens with one attached hydrogen (secondary N) is 1. The van der Waals surface area contributed by atoms with E-state index in [0.29, 0.717) is 6.04 Å². The number of rotatable bonds is 3. The summed E-state index contributed by atoms with van der Waals surface area (Å²) in [6, 6.07) is 6.61. The van der Waals surface area contributed by atoms with Crippen LogP contribution in [0.5, 0.6) is 0 Å². The van der Waals surface area contributed by atoms with E-state index >= 15 is 0 Å². The quantitative estimate of drug-likeness (QED) is 0.836. The summed E-state index contributed by atoms with van der Waals surface area (Å²) in [7, 11) is 0. The van der Waals surface area contributed by atoms with Gasteiger partial charge in [0.25, 0.3) is 0 Å². The predicted octanol–water partition coefficient (Wildman–Crippen LogP) is 3.73. The fraction of sp³-hybridized carbons (Fsp3) is 0.500. The Hall–Kier alpha value is -0.350. The number of thioether (sulfide) groups is 1. The van der Waals surface area contributed by atoms with Gasteiger partial charge in [-0.1, -0.05) is 15.9 Å². The van der Waals surface area contributed by atoms with E-state index in [-0.39, 0.29) is 0 Å². The number of hydrogen-bond acceptors (Lipinski definition) is 3. The Labute approximate surface area is 109 Å². The van der Waals surface area contributed by atoms with Gasteiger partial charge in [0.2, 0.25) is 0 Å². The van der Waals surface area contributed by atoms with Gasteiger partial charge in [0, 0.05) is 15.8 Å². The van der Waals surface area contributed by atoms with Crippen molar-refractivity contribution in [3.8, 4) is 0 Å². The van der Waals surface area contributed by atoms with Gasteiger partial charge in [0.05, 0.1) is 11.4 Å². The predicted molar refractivity (Wildman–Crippen MR) is 77.1 cm³/mol. The second-order valence-corrected chi connectivity index (χ2v) is 6.30. The van der Waals surface area contributed by atoms with Crippen molar-refractivity contribution in [1.82, 2.24) is 0 Å². The summed E-state index contributed by atoms with van der Waals surface area (Å²) in [5, 5.41) is 4.36. The van der Waals surface area contributed by atoms with Crippen molar-refractivity contribution in [2.75, 3.05) is 17.3 Å². The average Bonchev–Trinajstić information content (AvgIpc) is 2.70. The molecule has 88 valence electrons. The van der Waals surface area contributed by atoms with E-state index in [2.05, 4.69) is 27.5 Å². The lowest BCUT2D eigenvalue weighted by molar-refractivity contribution is 0.757. The van der Waals surface area contributed by atoms with Gasteiger partial charge in [-0.25, -0.2) is 0 Å². The summed E-state index contributed by atoms with van der Waals surface area (Å²) < 4.78 is 1.03. The van der Waals surface area contributed by atoms with E-state index in [1.165, 1.54) is 19.3 Å². The van der Waals surface area contributed by atoms with Crippen LogP contribution in [-0.2, 0) is 0 Å². The standard InChI is InChI=1S/C12H17BrN2S/c1-16-10-4-3-9(7-10)15-12-5-2-8(13)6-11(12)14/h2,5-6,9-10,15H,3-4,7,14H2,1H3. The summed E-state index contributed by atoms with van der Waals surface area (Å²) in [5.74, 6) is 0. The monoisotopic (exact) mass is 300 g/mol. The first-order valence-electron chi connectivity index (χ1n) is 5.53. The van der Waals surface area contributed by atoms with Gasteiger partial charge in [0.15, 0.2) is 0 Å². The molecule has 1 aliphatic rings. The lowest BCUT2D eigenvalue weighted by Gasteiger charge is -2.16. The minimum Gasteiger partial charge on any atom is -0.397 e. The van der Waals surface area contributed by atoms with Crippen molar-refractivity contribution >= 4 is 39.1 Å². The van der Waals surface area contributed by atoms with Gasteiger partial charge in [0.1, 0.15) is 0 Å². The van der Waals surface area contributed by atoms with Crippen LogP contribution in [0.1, 0.15) is 19.3 Å². The van der Waals surface area contributed by atoms with Crippen LogP contribution < -0.4 is 11.1 Å². The number of anilines is 2. The molecule has 0 bridgehead atoms. The van der Waals surface area contributed by atoms with E-state index in [4.69, 9.17) is 5.73 Å². The second-order valence-electron chi connectivity index (χ2n) is 4.24. The molecule has 2 atom stereocenters. The molecule has 0 aromatic heterocycles. The van der Waals surface area contributed by atoms with Gasteiger partial charge >= 0.3 is 0 Å². The van der Waals surface area contributed by atoms with Gasteiger partial charge in [-0.3, -0.25) is 0 Å². The molecular weight excluding hydrogens is 284 g/mol. The highest BCUT2D eigenvalue weighted by atomic mass is 79.9. The third-order valence-electron chi connectivity index (χ3n) is 3.09. The first-order chi connectivity index (χ1) is 7.69. The summed E-state index contributed by atoms with van der Waals surface area (Å²) in [4.78, 5) is 0. The van der Waals surface area contributed by atoms with Gasteiger partial charge in [-0.05, 0) is 43.7 Å². The van der Waals surface area contributed by atoms with E-state index in [0.717, 1.165) is 21.1 Å². The van der Waals surface area contributed by atoms with E-state index in [1.807, 2.05) is 30.0 Å². The molecule has 1 aromatic carbocycles. The van der Waals surface area contributed by atoms with Gasteiger partial charge < -0.3 is 11.1 Å². The van der Waals surface area contributed by atoms with Crippen molar-refractivity contribution in [2.24, 2.45) is 0 Å².